The smallest absolute Gasteiger partial charge is 0.251 e. The van der Waals surface area contributed by atoms with Crippen LogP contribution in [0.5, 0.6) is 0 Å². The lowest BCUT2D eigenvalue weighted by atomic mass is 9.89. The third-order valence-electron chi connectivity index (χ3n) is 3.89. The SMILES string of the molecule is CN(C)[C@@H]1CCCC[C@H]1NC(=O)c1ccc(Cl)c(Cl)c1. The van der Waals surface area contributed by atoms with Crippen molar-refractivity contribution < 1.29 is 4.79 Å². The van der Waals surface area contributed by atoms with Gasteiger partial charge in [-0.1, -0.05) is 36.0 Å². The summed E-state index contributed by atoms with van der Waals surface area (Å²) in [4.78, 5) is 14.5. The van der Waals surface area contributed by atoms with Gasteiger partial charge in [0, 0.05) is 17.6 Å². The summed E-state index contributed by atoms with van der Waals surface area (Å²) in [6, 6.07) is 5.57. The van der Waals surface area contributed by atoms with Crippen molar-refractivity contribution in [3.8, 4) is 0 Å². The van der Waals surface area contributed by atoms with E-state index in [0.29, 0.717) is 21.7 Å². The zero-order chi connectivity index (χ0) is 14.7. The van der Waals surface area contributed by atoms with E-state index in [1.807, 2.05) is 0 Å². The molecule has 0 radical (unpaired) electrons. The molecule has 0 spiro atoms. The minimum atomic E-state index is -0.0812. The van der Waals surface area contributed by atoms with Crippen LogP contribution in [0.3, 0.4) is 0 Å². The van der Waals surface area contributed by atoms with Crippen molar-refractivity contribution in [3.63, 3.8) is 0 Å². The van der Waals surface area contributed by atoms with Crippen LogP contribution in [-0.2, 0) is 0 Å². The van der Waals surface area contributed by atoms with Gasteiger partial charge in [-0.3, -0.25) is 4.79 Å². The van der Waals surface area contributed by atoms with Gasteiger partial charge in [0.05, 0.1) is 10.0 Å². The van der Waals surface area contributed by atoms with Crippen LogP contribution in [0.1, 0.15) is 36.0 Å². The second-order valence-corrected chi connectivity index (χ2v) is 6.34. The highest BCUT2D eigenvalue weighted by molar-refractivity contribution is 6.42. The van der Waals surface area contributed by atoms with E-state index in [1.165, 1.54) is 6.42 Å². The van der Waals surface area contributed by atoms with Gasteiger partial charge in [-0.25, -0.2) is 0 Å². The molecule has 1 fully saturated rings. The molecule has 1 saturated carbocycles. The first-order valence-corrected chi connectivity index (χ1v) is 7.67. The summed E-state index contributed by atoms with van der Waals surface area (Å²) in [5, 5.41) is 4.01. The molecule has 1 aliphatic carbocycles. The fraction of sp³-hybridized carbons (Fsp3) is 0.533. The van der Waals surface area contributed by atoms with Crippen molar-refractivity contribution in [1.82, 2.24) is 10.2 Å². The highest BCUT2D eigenvalue weighted by Crippen LogP contribution is 2.24. The van der Waals surface area contributed by atoms with Gasteiger partial charge < -0.3 is 10.2 Å². The maximum atomic E-state index is 12.3. The number of amides is 1. The van der Waals surface area contributed by atoms with Crippen molar-refractivity contribution in [2.45, 2.75) is 37.8 Å². The summed E-state index contributed by atoms with van der Waals surface area (Å²) in [5.74, 6) is -0.0812. The average Bonchev–Trinajstić information content (AvgIpc) is 2.42. The number of benzene rings is 1. The molecule has 1 amide bonds. The van der Waals surface area contributed by atoms with Crippen LogP contribution in [0.2, 0.25) is 10.0 Å². The molecule has 2 rings (SSSR count). The zero-order valence-corrected chi connectivity index (χ0v) is 13.3. The van der Waals surface area contributed by atoms with Crippen LogP contribution in [0.15, 0.2) is 18.2 Å². The first-order valence-electron chi connectivity index (χ1n) is 6.91. The monoisotopic (exact) mass is 314 g/mol. The first-order chi connectivity index (χ1) is 9.49. The molecule has 20 heavy (non-hydrogen) atoms. The van der Waals surface area contributed by atoms with E-state index >= 15 is 0 Å². The molecular formula is C15H20Cl2N2O. The van der Waals surface area contributed by atoms with Gasteiger partial charge in [0.2, 0.25) is 0 Å². The lowest BCUT2D eigenvalue weighted by Crippen LogP contribution is -2.51. The van der Waals surface area contributed by atoms with Crippen molar-refractivity contribution >= 4 is 29.1 Å². The maximum Gasteiger partial charge on any atom is 0.251 e. The van der Waals surface area contributed by atoms with E-state index < -0.39 is 0 Å². The Morgan fingerprint density at radius 2 is 1.90 bits per heavy atom. The molecule has 0 saturated heterocycles. The van der Waals surface area contributed by atoms with E-state index in [0.717, 1.165) is 19.3 Å². The number of nitrogens with zero attached hydrogens (tertiary/aromatic N) is 1. The average molecular weight is 315 g/mol. The van der Waals surface area contributed by atoms with Crippen LogP contribution < -0.4 is 5.32 Å². The Hall–Kier alpha value is -0.770. The largest absolute Gasteiger partial charge is 0.348 e. The Morgan fingerprint density at radius 1 is 1.20 bits per heavy atom. The Balaban J connectivity index is 2.07. The number of hydrogen-bond acceptors (Lipinski definition) is 2. The Morgan fingerprint density at radius 3 is 2.55 bits per heavy atom. The third kappa shape index (κ3) is 3.66. The van der Waals surface area contributed by atoms with Gasteiger partial charge in [-0.15, -0.1) is 0 Å². The summed E-state index contributed by atoms with van der Waals surface area (Å²) in [5.41, 5.74) is 0.558. The van der Waals surface area contributed by atoms with Gasteiger partial charge in [-0.2, -0.15) is 0 Å². The van der Waals surface area contributed by atoms with Crippen LogP contribution in [0.25, 0.3) is 0 Å². The summed E-state index contributed by atoms with van der Waals surface area (Å²) < 4.78 is 0. The van der Waals surface area contributed by atoms with Crippen molar-refractivity contribution in [2.75, 3.05) is 14.1 Å². The van der Waals surface area contributed by atoms with Gasteiger partial charge in [0.25, 0.3) is 5.91 Å². The Kier molecular flexibility index (Phi) is 5.30. The first kappa shape index (κ1) is 15.6. The van der Waals surface area contributed by atoms with Gasteiger partial charge >= 0.3 is 0 Å². The Bertz CT molecular complexity index is 491. The van der Waals surface area contributed by atoms with E-state index in [4.69, 9.17) is 23.2 Å². The minimum absolute atomic E-state index is 0.0812. The summed E-state index contributed by atoms with van der Waals surface area (Å²) in [6.07, 6.45) is 4.54. The maximum absolute atomic E-state index is 12.3. The predicted molar refractivity (Wildman–Crippen MR) is 83.7 cm³/mol. The van der Waals surface area contributed by atoms with E-state index in [2.05, 4.69) is 24.3 Å². The third-order valence-corrected chi connectivity index (χ3v) is 4.63. The number of rotatable bonds is 3. The molecule has 5 heteroatoms. The molecule has 0 unspecified atom stereocenters. The van der Waals surface area contributed by atoms with Crippen LogP contribution >= 0.6 is 23.2 Å². The number of likely N-dealkylation sites (N-methyl/N-ethyl adjacent to an activating group) is 1. The van der Waals surface area contributed by atoms with E-state index in [-0.39, 0.29) is 11.9 Å². The number of nitrogens with one attached hydrogen (secondary N) is 1. The number of carbonyl (C=O) groups is 1. The summed E-state index contributed by atoms with van der Waals surface area (Å²) in [7, 11) is 4.13. The topological polar surface area (TPSA) is 32.3 Å². The molecule has 110 valence electrons. The van der Waals surface area contributed by atoms with Gasteiger partial charge in [0.1, 0.15) is 0 Å². The van der Waals surface area contributed by atoms with Crippen molar-refractivity contribution in [2.24, 2.45) is 0 Å². The van der Waals surface area contributed by atoms with Gasteiger partial charge in [0.15, 0.2) is 0 Å². The molecule has 1 aromatic rings. The molecule has 0 bridgehead atoms. The molecule has 1 aliphatic rings. The van der Waals surface area contributed by atoms with E-state index in [1.54, 1.807) is 18.2 Å². The van der Waals surface area contributed by atoms with Crippen molar-refractivity contribution in [3.05, 3.63) is 33.8 Å². The molecule has 0 heterocycles. The number of carbonyl (C=O) groups excluding carboxylic acids is 1. The molecule has 0 aromatic heterocycles. The lowest BCUT2D eigenvalue weighted by Gasteiger charge is -2.36. The van der Waals surface area contributed by atoms with Crippen molar-refractivity contribution in [1.29, 1.82) is 0 Å². The molecule has 2 atom stereocenters. The zero-order valence-electron chi connectivity index (χ0n) is 11.8. The Labute approximate surface area is 130 Å². The number of hydrogen-bond donors (Lipinski definition) is 1. The minimum Gasteiger partial charge on any atom is -0.348 e. The molecule has 1 N–H and O–H groups in total. The fourth-order valence-corrected chi connectivity index (χ4v) is 3.08. The molecule has 1 aromatic carbocycles. The lowest BCUT2D eigenvalue weighted by molar-refractivity contribution is 0.0883. The fourth-order valence-electron chi connectivity index (χ4n) is 2.79. The molecular weight excluding hydrogens is 295 g/mol. The van der Waals surface area contributed by atoms with Gasteiger partial charge in [-0.05, 0) is 45.1 Å². The normalized spacial score (nSPS) is 22.9. The summed E-state index contributed by atoms with van der Waals surface area (Å²) >= 11 is 11.8. The standard InChI is InChI=1S/C15H20Cl2N2O/c1-19(2)14-6-4-3-5-13(14)18-15(20)10-7-8-11(16)12(17)9-10/h7-9,13-14H,3-6H2,1-2H3,(H,18,20)/t13-,14-/m1/s1. The quantitative estimate of drug-likeness (QED) is 0.924. The number of halogens is 2. The second kappa shape index (κ2) is 6.79. The predicted octanol–water partition coefficient (Wildman–Crippen LogP) is 3.60. The highest BCUT2D eigenvalue weighted by Gasteiger charge is 2.28. The second-order valence-electron chi connectivity index (χ2n) is 5.52. The van der Waals surface area contributed by atoms with E-state index in [9.17, 15) is 4.79 Å². The highest BCUT2D eigenvalue weighted by atomic mass is 35.5. The van der Waals surface area contributed by atoms with Crippen LogP contribution in [-0.4, -0.2) is 37.0 Å². The molecule has 3 nitrogen and oxygen atoms in total. The van der Waals surface area contributed by atoms with Crippen LogP contribution in [0.4, 0.5) is 0 Å². The summed E-state index contributed by atoms with van der Waals surface area (Å²) in [6.45, 7) is 0. The van der Waals surface area contributed by atoms with Crippen LogP contribution in [0, 0.1) is 0 Å². The molecule has 0 aliphatic heterocycles.